The molecule has 0 aromatic heterocycles. The van der Waals surface area contributed by atoms with Gasteiger partial charge < -0.3 is 9.47 Å². The molecule has 1 unspecified atom stereocenters. The van der Waals surface area contributed by atoms with Crippen molar-refractivity contribution in [2.45, 2.75) is 64.1 Å². The highest BCUT2D eigenvalue weighted by Gasteiger charge is 2.32. The molecule has 4 nitrogen and oxygen atoms in total. The average Bonchev–Trinajstić information content (AvgIpc) is 3.05. The Balaban J connectivity index is 2.07. The molecule has 4 heteroatoms. The van der Waals surface area contributed by atoms with Crippen molar-refractivity contribution in [2.75, 3.05) is 19.8 Å². The van der Waals surface area contributed by atoms with Gasteiger partial charge in [0, 0.05) is 19.1 Å². The van der Waals surface area contributed by atoms with Gasteiger partial charge in [-0.05, 0) is 40.5 Å². The fourth-order valence-electron chi connectivity index (χ4n) is 1.62. The first-order valence-electron chi connectivity index (χ1n) is 6.75. The lowest BCUT2D eigenvalue weighted by atomic mass is 10.0. The highest BCUT2D eigenvalue weighted by molar-refractivity contribution is 5.06. The molecule has 0 spiro atoms. The molecule has 1 aliphatic rings. The highest BCUT2D eigenvalue weighted by Crippen LogP contribution is 2.23. The van der Waals surface area contributed by atoms with Gasteiger partial charge in [0.15, 0.2) is 0 Å². The van der Waals surface area contributed by atoms with Crippen LogP contribution in [0.2, 0.25) is 0 Å². The second-order valence-corrected chi connectivity index (χ2v) is 6.19. The Morgan fingerprint density at radius 1 is 1.17 bits per heavy atom. The summed E-state index contributed by atoms with van der Waals surface area (Å²) in [6.07, 6.45) is 3.10. The van der Waals surface area contributed by atoms with Crippen molar-refractivity contribution < 1.29 is 9.47 Å². The van der Waals surface area contributed by atoms with Crippen LogP contribution in [0, 0.1) is 11.3 Å². The summed E-state index contributed by atoms with van der Waals surface area (Å²) in [6, 6.07) is 2.88. The number of nitriles is 1. The van der Waals surface area contributed by atoms with E-state index in [1.807, 2.05) is 27.7 Å². The van der Waals surface area contributed by atoms with Crippen LogP contribution in [0.25, 0.3) is 0 Å². The minimum Gasteiger partial charge on any atom is -0.379 e. The molecule has 0 radical (unpaired) electrons. The summed E-state index contributed by atoms with van der Waals surface area (Å²) in [5, 5.41) is 12.5. The molecule has 0 aliphatic heterocycles. The van der Waals surface area contributed by atoms with Gasteiger partial charge in [-0.15, -0.1) is 0 Å². The number of nitrogens with one attached hydrogen (secondary N) is 1. The summed E-state index contributed by atoms with van der Waals surface area (Å²) in [6.45, 7) is 9.81. The van der Waals surface area contributed by atoms with E-state index in [1.54, 1.807) is 0 Å². The summed E-state index contributed by atoms with van der Waals surface area (Å²) in [5.41, 5.74) is -0.565. The summed E-state index contributed by atoms with van der Waals surface area (Å²) in [4.78, 5) is 0. The number of hydrogen-bond donors (Lipinski definition) is 1. The predicted molar refractivity (Wildman–Crippen MR) is 71.3 cm³/mol. The Morgan fingerprint density at radius 3 is 2.33 bits per heavy atom. The van der Waals surface area contributed by atoms with Crippen LogP contribution in [0.3, 0.4) is 0 Å². The van der Waals surface area contributed by atoms with Crippen molar-refractivity contribution in [1.29, 1.82) is 5.26 Å². The van der Waals surface area contributed by atoms with Gasteiger partial charge in [-0.2, -0.15) is 5.26 Å². The van der Waals surface area contributed by atoms with Crippen molar-refractivity contribution in [1.82, 2.24) is 5.32 Å². The molecule has 0 aromatic rings. The predicted octanol–water partition coefficient (Wildman–Crippen LogP) is 2.24. The summed E-state index contributed by atoms with van der Waals surface area (Å²) in [7, 11) is 0. The van der Waals surface area contributed by atoms with Crippen LogP contribution >= 0.6 is 0 Å². The van der Waals surface area contributed by atoms with Crippen LogP contribution in [0.5, 0.6) is 0 Å². The average molecular weight is 254 g/mol. The zero-order valence-electron chi connectivity index (χ0n) is 12.1. The Morgan fingerprint density at radius 2 is 1.83 bits per heavy atom. The maximum Gasteiger partial charge on any atom is 0.106 e. The molecule has 0 amide bonds. The van der Waals surface area contributed by atoms with Crippen LogP contribution in [0.15, 0.2) is 0 Å². The molecule has 104 valence electrons. The van der Waals surface area contributed by atoms with E-state index < -0.39 is 5.54 Å². The molecule has 0 saturated heterocycles. The van der Waals surface area contributed by atoms with Crippen molar-refractivity contribution in [2.24, 2.45) is 0 Å². The number of nitrogens with zero attached hydrogens (tertiary/aromatic N) is 1. The molecule has 1 N–H and O–H groups in total. The van der Waals surface area contributed by atoms with E-state index in [0.717, 1.165) is 6.42 Å². The van der Waals surface area contributed by atoms with E-state index in [9.17, 15) is 5.26 Å². The van der Waals surface area contributed by atoms with Crippen LogP contribution in [0.1, 0.15) is 47.0 Å². The molecule has 0 aromatic carbocycles. The molecular formula is C14H26N2O2. The maximum atomic E-state index is 9.18. The Labute approximate surface area is 111 Å². The van der Waals surface area contributed by atoms with E-state index in [2.05, 4.69) is 11.4 Å². The molecule has 1 saturated carbocycles. The number of ether oxygens (including phenoxy) is 2. The van der Waals surface area contributed by atoms with Crippen LogP contribution < -0.4 is 5.32 Å². The first-order valence-corrected chi connectivity index (χ1v) is 6.75. The number of rotatable bonds is 8. The van der Waals surface area contributed by atoms with Crippen LogP contribution in [0.4, 0.5) is 0 Å². The Bertz CT molecular complexity index is 289. The van der Waals surface area contributed by atoms with Gasteiger partial charge in [0.05, 0.1) is 24.9 Å². The summed E-state index contributed by atoms with van der Waals surface area (Å²) in [5.74, 6) is 0. The van der Waals surface area contributed by atoms with Gasteiger partial charge in [-0.1, -0.05) is 0 Å². The minimum absolute atomic E-state index is 0.113. The molecule has 1 fully saturated rings. The molecule has 1 rings (SSSR count). The van der Waals surface area contributed by atoms with E-state index in [1.165, 1.54) is 12.8 Å². The quantitative estimate of drug-likeness (QED) is 0.675. The van der Waals surface area contributed by atoms with Crippen molar-refractivity contribution in [3.05, 3.63) is 0 Å². The van der Waals surface area contributed by atoms with Gasteiger partial charge in [0.25, 0.3) is 0 Å². The van der Waals surface area contributed by atoms with Crippen molar-refractivity contribution in [3.63, 3.8) is 0 Å². The first-order chi connectivity index (χ1) is 8.35. The van der Waals surface area contributed by atoms with E-state index in [-0.39, 0.29) is 5.60 Å². The third kappa shape index (κ3) is 6.95. The first kappa shape index (κ1) is 15.4. The zero-order valence-corrected chi connectivity index (χ0v) is 12.1. The lowest BCUT2D eigenvalue weighted by Crippen LogP contribution is -2.43. The second-order valence-electron chi connectivity index (χ2n) is 6.19. The van der Waals surface area contributed by atoms with Gasteiger partial charge in [-0.25, -0.2) is 0 Å². The maximum absolute atomic E-state index is 9.18. The molecule has 18 heavy (non-hydrogen) atoms. The minimum atomic E-state index is -0.452. The smallest absolute Gasteiger partial charge is 0.106 e. The topological polar surface area (TPSA) is 54.3 Å². The van der Waals surface area contributed by atoms with Crippen LogP contribution in [-0.4, -0.2) is 37.0 Å². The standard InChI is InChI=1S/C14H26N2O2/c1-13(2,3)18-10-9-17-8-7-14(4,11-15)16-12-5-6-12/h12,16H,5-10H2,1-4H3. The van der Waals surface area contributed by atoms with Gasteiger partial charge >= 0.3 is 0 Å². The van der Waals surface area contributed by atoms with E-state index in [4.69, 9.17) is 9.47 Å². The summed E-state index contributed by atoms with van der Waals surface area (Å²) < 4.78 is 11.1. The number of hydrogen-bond acceptors (Lipinski definition) is 4. The molecule has 1 atom stereocenters. The molecular weight excluding hydrogens is 228 g/mol. The fraction of sp³-hybridized carbons (Fsp3) is 0.929. The normalized spacial score (nSPS) is 19.3. The van der Waals surface area contributed by atoms with Crippen molar-refractivity contribution >= 4 is 0 Å². The van der Waals surface area contributed by atoms with Gasteiger partial charge in [-0.3, -0.25) is 5.32 Å². The fourth-order valence-corrected chi connectivity index (χ4v) is 1.62. The highest BCUT2D eigenvalue weighted by atomic mass is 16.5. The monoisotopic (exact) mass is 254 g/mol. The molecule has 1 aliphatic carbocycles. The molecule has 0 bridgehead atoms. The Hall–Kier alpha value is -0.630. The third-order valence-electron chi connectivity index (χ3n) is 2.86. The lowest BCUT2D eigenvalue weighted by Gasteiger charge is -2.23. The van der Waals surface area contributed by atoms with Gasteiger partial charge in [0.2, 0.25) is 0 Å². The zero-order chi connectivity index (χ0) is 13.6. The van der Waals surface area contributed by atoms with Crippen LogP contribution in [-0.2, 0) is 9.47 Å². The van der Waals surface area contributed by atoms with E-state index >= 15 is 0 Å². The SMILES string of the molecule is CC(C#N)(CCOCCOC(C)(C)C)NC1CC1. The summed E-state index contributed by atoms with van der Waals surface area (Å²) >= 11 is 0. The third-order valence-corrected chi connectivity index (χ3v) is 2.86. The van der Waals surface area contributed by atoms with Gasteiger partial charge in [0.1, 0.15) is 5.54 Å². The molecule has 0 heterocycles. The largest absolute Gasteiger partial charge is 0.379 e. The van der Waals surface area contributed by atoms with Crippen molar-refractivity contribution in [3.8, 4) is 6.07 Å². The second kappa shape index (κ2) is 6.51. The van der Waals surface area contributed by atoms with E-state index in [0.29, 0.717) is 25.9 Å². The Kier molecular flexibility index (Phi) is 5.58. The lowest BCUT2D eigenvalue weighted by molar-refractivity contribution is -0.0362.